The van der Waals surface area contributed by atoms with Crippen LogP contribution in [0.25, 0.3) is 0 Å². The van der Waals surface area contributed by atoms with Crippen molar-refractivity contribution in [3.05, 3.63) is 52.6 Å². The average Bonchev–Trinajstić information content (AvgIpc) is 3.39. The van der Waals surface area contributed by atoms with Crippen molar-refractivity contribution in [1.82, 2.24) is 9.88 Å². The zero-order chi connectivity index (χ0) is 24.8. The van der Waals surface area contributed by atoms with Crippen LogP contribution < -0.4 is 10.6 Å². The van der Waals surface area contributed by atoms with E-state index in [2.05, 4.69) is 21.9 Å². The number of pyridine rings is 1. The fourth-order valence-corrected chi connectivity index (χ4v) is 5.86. The lowest BCUT2D eigenvalue weighted by molar-refractivity contribution is -0.117. The van der Waals surface area contributed by atoms with Crippen LogP contribution in [0.15, 0.2) is 35.4 Å². The van der Waals surface area contributed by atoms with Gasteiger partial charge >= 0.3 is 0 Å². The van der Waals surface area contributed by atoms with Gasteiger partial charge in [0.25, 0.3) is 0 Å². The molecule has 35 heavy (non-hydrogen) atoms. The van der Waals surface area contributed by atoms with Gasteiger partial charge in [-0.1, -0.05) is 49.0 Å². The fraction of sp³-hybridized carbons (Fsp3) is 0.462. The van der Waals surface area contributed by atoms with E-state index in [1.54, 1.807) is 0 Å². The lowest BCUT2D eigenvalue weighted by Gasteiger charge is -2.36. The minimum absolute atomic E-state index is 0.0229. The molecule has 0 saturated carbocycles. The molecule has 1 amide bonds. The van der Waals surface area contributed by atoms with Crippen LogP contribution in [0.5, 0.6) is 0 Å². The Morgan fingerprint density at radius 2 is 1.91 bits per heavy atom. The van der Waals surface area contributed by atoms with Gasteiger partial charge in [0.1, 0.15) is 28.2 Å². The summed E-state index contributed by atoms with van der Waals surface area (Å²) in [6, 6.07) is 13.8. The number of likely N-dealkylation sites (tertiary alicyclic amines) is 1. The van der Waals surface area contributed by atoms with Gasteiger partial charge in [0.05, 0.1) is 23.8 Å². The van der Waals surface area contributed by atoms with Gasteiger partial charge in [0.2, 0.25) is 5.91 Å². The molecule has 4 rings (SSSR count). The Kier molecular flexibility index (Phi) is 8.25. The largest absolute Gasteiger partial charge is 0.373 e. The van der Waals surface area contributed by atoms with Crippen LogP contribution in [0, 0.1) is 22.7 Å². The molecule has 2 saturated heterocycles. The molecule has 0 bridgehead atoms. The third-order valence-corrected chi connectivity index (χ3v) is 7.77. The number of hydrogen-bond donors (Lipinski definition) is 1. The highest BCUT2D eigenvalue weighted by Gasteiger charge is 2.30. The maximum atomic E-state index is 12.4. The molecule has 2 aliphatic heterocycles. The number of ether oxygens (including phenoxy) is 1. The molecule has 0 spiro atoms. The average molecular weight is 491 g/mol. The molecular formula is C26H30N6O2S. The molecule has 8 nitrogen and oxygen atoms in total. The molecule has 0 aliphatic carbocycles. The number of primary amides is 1. The Morgan fingerprint density at radius 3 is 2.54 bits per heavy atom. The fourth-order valence-electron chi connectivity index (χ4n) is 4.80. The topological polar surface area (TPSA) is 119 Å². The molecule has 0 radical (unpaired) electrons. The van der Waals surface area contributed by atoms with Crippen LogP contribution in [0.2, 0.25) is 0 Å². The summed E-state index contributed by atoms with van der Waals surface area (Å²) in [6.07, 6.45) is 2.96. The second-order valence-corrected chi connectivity index (χ2v) is 9.90. The number of carbonyl (C=O) groups is 1. The first-order chi connectivity index (χ1) is 17.0. The zero-order valence-corrected chi connectivity index (χ0v) is 20.8. The third-order valence-electron chi connectivity index (χ3n) is 6.51. The lowest BCUT2D eigenvalue weighted by atomic mass is 10.0. The Balaban J connectivity index is 1.70. The number of rotatable bonds is 8. The highest BCUT2D eigenvalue weighted by molar-refractivity contribution is 8.00. The Labute approximate surface area is 210 Å². The van der Waals surface area contributed by atoms with Crippen molar-refractivity contribution >= 4 is 23.5 Å². The number of hydrogen-bond acceptors (Lipinski definition) is 8. The minimum atomic E-state index is -0.700. The lowest BCUT2D eigenvalue weighted by Crippen LogP contribution is -2.48. The molecule has 2 atom stereocenters. The minimum Gasteiger partial charge on any atom is -0.373 e. The number of aromatic nitrogens is 1. The Morgan fingerprint density at radius 1 is 1.20 bits per heavy atom. The highest BCUT2D eigenvalue weighted by Crippen LogP contribution is 2.39. The van der Waals surface area contributed by atoms with Crippen molar-refractivity contribution in [3.8, 4) is 12.1 Å². The van der Waals surface area contributed by atoms with E-state index >= 15 is 0 Å². The number of benzene rings is 1. The van der Waals surface area contributed by atoms with Gasteiger partial charge in [-0.05, 0) is 43.5 Å². The molecule has 2 N–H and O–H groups in total. The number of morpholine rings is 1. The van der Waals surface area contributed by atoms with Crippen molar-refractivity contribution < 1.29 is 9.53 Å². The van der Waals surface area contributed by atoms with E-state index in [9.17, 15) is 15.3 Å². The smallest absolute Gasteiger partial charge is 0.235 e. The molecule has 2 fully saturated rings. The molecule has 2 aromatic rings. The summed E-state index contributed by atoms with van der Waals surface area (Å²) in [5.41, 5.74) is 7.92. The summed E-state index contributed by atoms with van der Waals surface area (Å²) in [5.74, 6) is 0.0461. The van der Waals surface area contributed by atoms with Gasteiger partial charge in [0, 0.05) is 19.6 Å². The van der Waals surface area contributed by atoms with E-state index in [1.165, 1.54) is 24.6 Å². The monoisotopic (exact) mass is 490 g/mol. The van der Waals surface area contributed by atoms with Gasteiger partial charge in [-0.3, -0.25) is 4.79 Å². The number of nitrogens with two attached hydrogens (primary N) is 1. The molecule has 9 heteroatoms. The number of thioether (sulfide) groups is 1. The first kappa shape index (κ1) is 25.0. The number of anilines is 1. The summed E-state index contributed by atoms with van der Waals surface area (Å²) in [5, 5.41) is 19.8. The van der Waals surface area contributed by atoms with Gasteiger partial charge in [-0.25, -0.2) is 4.98 Å². The van der Waals surface area contributed by atoms with Gasteiger partial charge < -0.3 is 20.3 Å². The number of carbonyl (C=O) groups excluding carboxylic acids is 1. The number of nitrogens with zero attached hydrogens (tertiary/aromatic N) is 5. The van der Waals surface area contributed by atoms with E-state index in [0.717, 1.165) is 25.2 Å². The Bertz CT molecular complexity index is 1140. The molecule has 2 unspecified atom stereocenters. The van der Waals surface area contributed by atoms with Crippen LogP contribution in [0.4, 0.5) is 5.82 Å². The molecule has 182 valence electrons. The van der Waals surface area contributed by atoms with Gasteiger partial charge in [-0.2, -0.15) is 10.5 Å². The van der Waals surface area contributed by atoms with Crippen molar-refractivity contribution in [2.24, 2.45) is 5.73 Å². The summed E-state index contributed by atoms with van der Waals surface area (Å²) >= 11 is 1.17. The quantitative estimate of drug-likeness (QED) is 0.561. The molecular weight excluding hydrogens is 460 g/mol. The standard InChI is InChI=1S/C26H30N6O2S/c1-2-20-21(14-27)25(32-12-13-34-19(17-32)16-31-10-6-7-11-31)30-26(22(20)15-28)35-23(24(29)33)18-8-4-3-5-9-18/h3-5,8-9,19,23H,2,6-7,10-13,16-17H2,1H3,(H2,29,33). The number of nitriles is 2. The van der Waals surface area contributed by atoms with Crippen molar-refractivity contribution in [2.45, 2.75) is 42.6 Å². The van der Waals surface area contributed by atoms with Crippen molar-refractivity contribution in [2.75, 3.05) is 44.2 Å². The first-order valence-electron chi connectivity index (χ1n) is 12.0. The third kappa shape index (κ3) is 5.59. The van der Waals surface area contributed by atoms with Crippen LogP contribution in [0.3, 0.4) is 0 Å². The van der Waals surface area contributed by atoms with Crippen LogP contribution in [0.1, 0.15) is 47.3 Å². The van der Waals surface area contributed by atoms with Crippen molar-refractivity contribution in [3.63, 3.8) is 0 Å². The van der Waals surface area contributed by atoms with E-state index in [-0.39, 0.29) is 6.10 Å². The highest BCUT2D eigenvalue weighted by atomic mass is 32.2. The maximum Gasteiger partial charge on any atom is 0.235 e. The first-order valence-corrected chi connectivity index (χ1v) is 12.9. The maximum absolute atomic E-state index is 12.4. The second kappa shape index (κ2) is 11.5. The molecule has 1 aromatic heterocycles. The zero-order valence-electron chi connectivity index (χ0n) is 19.9. The van der Waals surface area contributed by atoms with E-state index in [1.807, 2.05) is 37.3 Å². The van der Waals surface area contributed by atoms with Gasteiger partial charge in [0.15, 0.2) is 0 Å². The summed E-state index contributed by atoms with van der Waals surface area (Å²) in [4.78, 5) is 21.7. The normalized spacial score (nSPS) is 19.2. The van der Waals surface area contributed by atoms with Crippen LogP contribution >= 0.6 is 11.8 Å². The second-order valence-electron chi connectivity index (χ2n) is 8.80. The SMILES string of the molecule is CCc1c(C#N)c(SC(C(N)=O)c2ccccc2)nc(N2CCOC(CN3CCCC3)C2)c1C#N. The Hall–Kier alpha value is -3.11. The van der Waals surface area contributed by atoms with Crippen LogP contribution in [-0.4, -0.2) is 61.2 Å². The molecule has 3 heterocycles. The molecule has 2 aliphatic rings. The van der Waals surface area contributed by atoms with E-state index in [0.29, 0.717) is 53.7 Å². The number of amides is 1. The van der Waals surface area contributed by atoms with Gasteiger partial charge in [-0.15, -0.1) is 0 Å². The molecule has 1 aromatic carbocycles. The predicted molar refractivity (Wildman–Crippen MR) is 135 cm³/mol. The summed E-state index contributed by atoms with van der Waals surface area (Å²) in [6.45, 7) is 6.73. The summed E-state index contributed by atoms with van der Waals surface area (Å²) < 4.78 is 6.04. The van der Waals surface area contributed by atoms with Crippen LogP contribution in [-0.2, 0) is 16.0 Å². The van der Waals surface area contributed by atoms with Crippen molar-refractivity contribution in [1.29, 1.82) is 10.5 Å². The predicted octanol–water partition coefficient (Wildman–Crippen LogP) is 3.01. The van der Waals surface area contributed by atoms with E-state index < -0.39 is 11.2 Å². The summed E-state index contributed by atoms with van der Waals surface area (Å²) in [7, 11) is 0. The van der Waals surface area contributed by atoms with E-state index in [4.69, 9.17) is 15.5 Å².